The molecule has 1 aromatic rings. The number of likely N-dealkylation sites (N-methyl/N-ethyl adjacent to an activating group) is 1. The minimum atomic E-state index is -0.372. The maximum absolute atomic E-state index is 13.1. The SMILES string of the molecule is CCN1CCC[C@@H]1CN1CC2=C(C1=O)[C@@H](c1ccc(C)cc1)NC(=O)N2. The molecule has 1 fully saturated rings. The van der Waals surface area contributed by atoms with E-state index in [0.717, 1.165) is 42.9 Å². The van der Waals surface area contributed by atoms with Crippen LogP contribution in [0.4, 0.5) is 4.79 Å². The van der Waals surface area contributed by atoms with Gasteiger partial charge in [0.15, 0.2) is 0 Å². The third-order valence-electron chi connectivity index (χ3n) is 5.77. The van der Waals surface area contributed by atoms with Crippen molar-refractivity contribution in [2.75, 3.05) is 26.2 Å². The fourth-order valence-electron chi connectivity index (χ4n) is 4.36. The average Bonchev–Trinajstić information content (AvgIpc) is 3.20. The van der Waals surface area contributed by atoms with Crippen LogP contribution in [0.1, 0.15) is 36.9 Å². The number of carbonyl (C=O) groups is 2. The lowest BCUT2D eigenvalue weighted by Crippen LogP contribution is -2.44. The van der Waals surface area contributed by atoms with Gasteiger partial charge in [0.1, 0.15) is 0 Å². The molecule has 0 spiro atoms. The predicted molar refractivity (Wildman–Crippen MR) is 99.5 cm³/mol. The molecule has 0 aromatic heterocycles. The molecule has 3 amide bonds. The normalized spacial score (nSPS) is 26.2. The van der Waals surface area contributed by atoms with Gasteiger partial charge in [0, 0.05) is 12.6 Å². The fourth-order valence-corrected chi connectivity index (χ4v) is 4.36. The van der Waals surface area contributed by atoms with Crippen molar-refractivity contribution >= 4 is 11.9 Å². The smallest absolute Gasteiger partial charge is 0.319 e. The van der Waals surface area contributed by atoms with Crippen LogP contribution in [-0.2, 0) is 4.79 Å². The first-order chi connectivity index (χ1) is 12.6. The van der Waals surface area contributed by atoms with Crippen LogP contribution in [0.25, 0.3) is 0 Å². The van der Waals surface area contributed by atoms with E-state index in [0.29, 0.717) is 18.2 Å². The van der Waals surface area contributed by atoms with Crippen LogP contribution in [-0.4, -0.2) is 54.0 Å². The molecule has 3 aliphatic rings. The highest BCUT2D eigenvalue weighted by Crippen LogP contribution is 2.33. The molecule has 0 unspecified atom stereocenters. The van der Waals surface area contributed by atoms with Gasteiger partial charge >= 0.3 is 6.03 Å². The Morgan fingerprint density at radius 1 is 1.19 bits per heavy atom. The van der Waals surface area contributed by atoms with Crippen molar-refractivity contribution in [3.8, 4) is 0 Å². The second kappa shape index (κ2) is 6.76. The van der Waals surface area contributed by atoms with Crippen molar-refractivity contribution in [1.82, 2.24) is 20.4 Å². The van der Waals surface area contributed by atoms with E-state index < -0.39 is 0 Å². The Morgan fingerprint density at radius 3 is 2.69 bits per heavy atom. The molecule has 2 N–H and O–H groups in total. The Hall–Kier alpha value is -2.34. The van der Waals surface area contributed by atoms with Crippen LogP contribution in [0, 0.1) is 6.92 Å². The lowest BCUT2D eigenvalue weighted by molar-refractivity contribution is -0.126. The predicted octanol–water partition coefficient (Wildman–Crippen LogP) is 1.93. The molecular weight excluding hydrogens is 328 g/mol. The molecule has 6 heteroatoms. The molecule has 0 saturated carbocycles. The summed E-state index contributed by atoms with van der Waals surface area (Å²) in [5.74, 6) is 0.0426. The van der Waals surface area contributed by atoms with Crippen molar-refractivity contribution in [2.24, 2.45) is 0 Å². The first-order valence-electron chi connectivity index (χ1n) is 9.47. The quantitative estimate of drug-likeness (QED) is 0.868. The lowest BCUT2D eigenvalue weighted by Gasteiger charge is -2.28. The topological polar surface area (TPSA) is 64.7 Å². The number of nitrogens with one attached hydrogen (secondary N) is 2. The van der Waals surface area contributed by atoms with E-state index >= 15 is 0 Å². The molecule has 6 nitrogen and oxygen atoms in total. The summed E-state index contributed by atoms with van der Waals surface area (Å²) in [7, 11) is 0. The number of hydrogen-bond donors (Lipinski definition) is 2. The zero-order valence-corrected chi connectivity index (χ0v) is 15.4. The van der Waals surface area contributed by atoms with E-state index in [-0.39, 0.29) is 18.0 Å². The molecule has 3 aliphatic heterocycles. The second-order valence-corrected chi connectivity index (χ2v) is 7.44. The van der Waals surface area contributed by atoms with E-state index in [1.165, 1.54) is 6.42 Å². The summed E-state index contributed by atoms with van der Waals surface area (Å²) in [6, 6.07) is 7.82. The number of rotatable bonds is 4. The molecular formula is C20H26N4O2. The molecule has 3 heterocycles. The van der Waals surface area contributed by atoms with E-state index in [4.69, 9.17) is 0 Å². The number of likely N-dealkylation sites (tertiary alicyclic amines) is 1. The Kier molecular flexibility index (Phi) is 4.44. The summed E-state index contributed by atoms with van der Waals surface area (Å²) in [5.41, 5.74) is 3.55. The number of hydrogen-bond acceptors (Lipinski definition) is 3. The maximum Gasteiger partial charge on any atom is 0.319 e. The average molecular weight is 354 g/mol. The minimum Gasteiger partial charge on any atom is -0.331 e. The highest BCUT2D eigenvalue weighted by molar-refractivity contribution is 6.01. The van der Waals surface area contributed by atoms with Crippen LogP contribution in [0.5, 0.6) is 0 Å². The Bertz CT molecular complexity index is 756. The molecule has 26 heavy (non-hydrogen) atoms. The minimum absolute atomic E-state index is 0.0426. The van der Waals surface area contributed by atoms with E-state index in [1.54, 1.807) is 0 Å². The monoisotopic (exact) mass is 354 g/mol. The molecule has 2 atom stereocenters. The highest BCUT2D eigenvalue weighted by atomic mass is 16.2. The maximum atomic E-state index is 13.1. The van der Waals surface area contributed by atoms with Crippen LogP contribution in [0.2, 0.25) is 0 Å². The van der Waals surface area contributed by atoms with Crippen LogP contribution >= 0.6 is 0 Å². The fraction of sp³-hybridized carbons (Fsp3) is 0.500. The van der Waals surface area contributed by atoms with Gasteiger partial charge in [0.2, 0.25) is 0 Å². The van der Waals surface area contributed by atoms with Crippen molar-refractivity contribution in [3.63, 3.8) is 0 Å². The Labute approximate surface area is 154 Å². The van der Waals surface area contributed by atoms with Gasteiger partial charge in [-0.15, -0.1) is 0 Å². The third-order valence-corrected chi connectivity index (χ3v) is 5.77. The summed E-state index contributed by atoms with van der Waals surface area (Å²) < 4.78 is 0. The molecule has 4 rings (SSSR count). The van der Waals surface area contributed by atoms with Gasteiger partial charge in [0.25, 0.3) is 5.91 Å². The number of benzene rings is 1. The van der Waals surface area contributed by atoms with Crippen LogP contribution in [0.3, 0.4) is 0 Å². The first-order valence-corrected chi connectivity index (χ1v) is 9.47. The van der Waals surface area contributed by atoms with Gasteiger partial charge in [-0.3, -0.25) is 9.69 Å². The van der Waals surface area contributed by atoms with E-state index in [2.05, 4.69) is 22.5 Å². The van der Waals surface area contributed by atoms with Crippen molar-refractivity contribution < 1.29 is 9.59 Å². The van der Waals surface area contributed by atoms with Crippen LogP contribution < -0.4 is 10.6 Å². The van der Waals surface area contributed by atoms with E-state index in [1.807, 2.05) is 36.1 Å². The standard InChI is InChI=1S/C20H26N4O2/c1-3-23-10-4-5-15(23)11-24-12-16-17(19(24)25)18(22-20(26)21-16)14-8-6-13(2)7-9-14/h6-9,15,18H,3-5,10-12H2,1-2H3,(H2,21,22,26)/t15-,18-/m1/s1. The van der Waals surface area contributed by atoms with Crippen molar-refractivity contribution in [2.45, 2.75) is 38.8 Å². The molecule has 0 aliphatic carbocycles. The number of aryl methyl sites for hydroxylation is 1. The summed E-state index contributed by atoms with van der Waals surface area (Å²) in [6.45, 7) is 7.56. The zero-order valence-electron chi connectivity index (χ0n) is 15.4. The Balaban J connectivity index is 1.57. The lowest BCUT2D eigenvalue weighted by atomic mass is 9.95. The molecule has 1 aromatic carbocycles. The first kappa shape index (κ1) is 17.1. The molecule has 138 valence electrons. The van der Waals surface area contributed by atoms with Crippen molar-refractivity contribution in [1.29, 1.82) is 0 Å². The van der Waals surface area contributed by atoms with Gasteiger partial charge < -0.3 is 15.5 Å². The molecule has 1 saturated heterocycles. The Morgan fingerprint density at radius 2 is 1.96 bits per heavy atom. The largest absolute Gasteiger partial charge is 0.331 e. The summed E-state index contributed by atoms with van der Waals surface area (Å²) in [5, 5.41) is 5.78. The van der Waals surface area contributed by atoms with E-state index in [9.17, 15) is 9.59 Å². The third kappa shape index (κ3) is 2.98. The molecule has 0 radical (unpaired) electrons. The van der Waals surface area contributed by atoms with Gasteiger partial charge in [-0.25, -0.2) is 4.79 Å². The highest BCUT2D eigenvalue weighted by Gasteiger charge is 2.41. The summed E-state index contributed by atoms with van der Waals surface area (Å²) in [4.78, 5) is 29.6. The number of carbonyl (C=O) groups excluding carboxylic acids is 2. The van der Waals surface area contributed by atoms with Gasteiger partial charge in [-0.2, -0.15) is 0 Å². The second-order valence-electron chi connectivity index (χ2n) is 7.44. The van der Waals surface area contributed by atoms with Gasteiger partial charge in [0.05, 0.1) is 23.9 Å². The van der Waals surface area contributed by atoms with Crippen LogP contribution in [0.15, 0.2) is 35.5 Å². The van der Waals surface area contributed by atoms with Crippen molar-refractivity contribution in [3.05, 3.63) is 46.7 Å². The van der Waals surface area contributed by atoms with Gasteiger partial charge in [-0.1, -0.05) is 36.8 Å². The number of amides is 3. The number of nitrogens with zero attached hydrogens (tertiary/aromatic N) is 2. The summed E-state index contributed by atoms with van der Waals surface area (Å²) in [6.07, 6.45) is 2.33. The number of urea groups is 1. The molecule has 0 bridgehead atoms. The summed E-state index contributed by atoms with van der Waals surface area (Å²) >= 11 is 0. The van der Waals surface area contributed by atoms with Gasteiger partial charge in [-0.05, 0) is 38.4 Å². The zero-order chi connectivity index (χ0) is 18.3.